The first-order chi connectivity index (χ1) is 10.1. The number of rotatable bonds is 5. The van der Waals surface area contributed by atoms with Gasteiger partial charge in [0.15, 0.2) is 0 Å². The van der Waals surface area contributed by atoms with Gasteiger partial charge in [-0.25, -0.2) is 0 Å². The zero-order valence-electron chi connectivity index (χ0n) is 13.0. The molecule has 2 rings (SSSR count). The molecule has 1 aliphatic rings. The minimum atomic E-state index is -0.219. The summed E-state index contributed by atoms with van der Waals surface area (Å²) in [5.74, 6) is 0.417. The van der Waals surface area contributed by atoms with Crippen LogP contribution in [-0.4, -0.2) is 53.1 Å². The maximum absolute atomic E-state index is 12.5. The summed E-state index contributed by atoms with van der Waals surface area (Å²) in [6, 6.07) is 10.1. The van der Waals surface area contributed by atoms with Gasteiger partial charge in [-0.3, -0.25) is 9.69 Å². The first-order valence-corrected chi connectivity index (χ1v) is 7.82. The minimum absolute atomic E-state index is 0.171. The van der Waals surface area contributed by atoms with Crippen molar-refractivity contribution in [3.05, 3.63) is 35.9 Å². The summed E-state index contributed by atoms with van der Waals surface area (Å²) in [5, 5.41) is 9.76. The summed E-state index contributed by atoms with van der Waals surface area (Å²) in [4.78, 5) is 16.5. The fourth-order valence-corrected chi connectivity index (χ4v) is 2.83. The number of aliphatic hydroxyl groups excluding tert-OH is 1. The zero-order chi connectivity index (χ0) is 15.2. The molecule has 0 saturated carbocycles. The summed E-state index contributed by atoms with van der Waals surface area (Å²) in [6.07, 6.45) is 0.544. The van der Waals surface area contributed by atoms with Crippen molar-refractivity contribution in [1.82, 2.24) is 9.80 Å². The first kappa shape index (κ1) is 16.0. The molecule has 1 saturated heterocycles. The maximum atomic E-state index is 12.5. The van der Waals surface area contributed by atoms with E-state index in [1.807, 2.05) is 36.9 Å². The Bertz CT molecular complexity index is 449. The highest BCUT2D eigenvalue weighted by molar-refractivity contribution is 5.78. The molecule has 116 valence electrons. The van der Waals surface area contributed by atoms with Crippen molar-refractivity contribution in [2.24, 2.45) is 5.92 Å². The van der Waals surface area contributed by atoms with Gasteiger partial charge in [-0.15, -0.1) is 0 Å². The molecule has 2 unspecified atom stereocenters. The van der Waals surface area contributed by atoms with E-state index in [-0.39, 0.29) is 17.9 Å². The van der Waals surface area contributed by atoms with Gasteiger partial charge in [0, 0.05) is 26.2 Å². The zero-order valence-corrected chi connectivity index (χ0v) is 13.0. The average Bonchev–Trinajstić information content (AvgIpc) is 2.49. The smallest absolute Gasteiger partial charge is 0.237 e. The molecule has 1 aromatic carbocycles. The fourth-order valence-electron chi connectivity index (χ4n) is 2.83. The molecule has 0 bridgehead atoms. The van der Waals surface area contributed by atoms with Crippen LogP contribution < -0.4 is 0 Å². The average molecular weight is 290 g/mol. The molecule has 4 heteroatoms. The Kier molecular flexibility index (Phi) is 5.76. The van der Waals surface area contributed by atoms with Gasteiger partial charge in [-0.1, -0.05) is 37.3 Å². The highest BCUT2D eigenvalue weighted by Crippen LogP contribution is 2.16. The second-order valence-electron chi connectivity index (χ2n) is 5.96. The lowest BCUT2D eigenvalue weighted by Crippen LogP contribution is -2.47. The Labute approximate surface area is 127 Å². The molecule has 1 amide bonds. The van der Waals surface area contributed by atoms with Crippen molar-refractivity contribution >= 4 is 5.91 Å². The molecule has 4 nitrogen and oxygen atoms in total. The molecule has 1 N–H and O–H groups in total. The van der Waals surface area contributed by atoms with Crippen LogP contribution in [-0.2, 0) is 11.3 Å². The number of piperidine rings is 1. The van der Waals surface area contributed by atoms with E-state index in [2.05, 4.69) is 17.0 Å². The van der Waals surface area contributed by atoms with Crippen LogP contribution in [0.4, 0.5) is 0 Å². The molecule has 1 fully saturated rings. The van der Waals surface area contributed by atoms with Crippen LogP contribution in [0.5, 0.6) is 0 Å². The Hall–Kier alpha value is -1.39. The molecule has 0 radical (unpaired) electrons. The van der Waals surface area contributed by atoms with Crippen LogP contribution in [0, 0.1) is 5.92 Å². The Balaban J connectivity index is 1.88. The summed E-state index contributed by atoms with van der Waals surface area (Å²) >= 11 is 0. The minimum Gasteiger partial charge on any atom is -0.393 e. The van der Waals surface area contributed by atoms with Crippen molar-refractivity contribution in [2.75, 3.05) is 26.2 Å². The van der Waals surface area contributed by atoms with E-state index in [0.29, 0.717) is 13.1 Å². The predicted molar refractivity (Wildman–Crippen MR) is 83.8 cm³/mol. The van der Waals surface area contributed by atoms with Gasteiger partial charge in [0.25, 0.3) is 0 Å². The molecule has 0 spiro atoms. The lowest BCUT2D eigenvalue weighted by atomic mass is 9.97. The van der Waals surface area contributed by atoms with E-state index in [1.54, 1.807) is 0 Å². The molecule has 2 atom stereocenters. The van der Waals surface area contributed by atoms with Gasteiger partial charge in [-0.2, -0.15) is 0 Å². The van der Waals surface area contributed by atoms with E-state index in [0.717, 1.165) is 31.6 Å². The second kappa shape index (κ2) is 7.57. The van der Waals surface area contributed by atoms with E-state index in [4.69, 9.17) is 0 Å². The van der Waals surface area contributed by atoms with Gasteiger partial charge in [0.1, 0.15) is 0 Å². The summed E-state index contributed by atoms with van der Waals surface area (Å²) in [6.45, 7) is 7.52. The quantitative estimate of drug-likeness (QED) is 0.898. The maximum Gasteiger partial charge on any atom is 0.237 e. The number of hydrogen-bond acceptors (Lipinski definition) is 3. The number of benzene rings is 1. The van der Waals surface area contributed by atoms with Crippen LogP contribution in [0.15, 0.2) is 30.3 Å². The summed E-state index contributed by atoms with van der Waals surface area (Å²) in [7, 11) is 0. The van der Waals surface area contributed by atoms with E-state index in [1.165, 1.54) is 0 Å². The van der Waals surface area contributed by atoms with Gasteiger partial charge >= 0.3 is 0 Å². The van der Waals surface area contributed by atoms with E-state index < -0.39 is 0 Å². The number of nitrogens with zero attached hydrogens (tertiary/aromatic N) is 2. The van der Waals surface area contributed by atoms with Crippen LogP contribution >= 0.6 is 0 Å². The van der Waals surface area contributed by atoms with Gasteiger partial charge < -0.3 is 10.0 Å². The Morgan fingerprint density at radius 3 is 2.71 bits per heavy atom. The van der Waals surface area contributed by atoms with Gasteiger partial charge in [0.2, 0.25) is 5.91 Å². The van der Waals surface area contributed by atoms with Gasteiger partial charge in [0.05, 0.1) is 12.6 Å². The molecule has 1 aromatic rings. The molecule has 1 heterocycles. The molecular formula is C17H26N2O2. The second-order valence-corrected chi connectivity index (χ2v) is 5.96. The summed E-state index contributed by atoms with van der Waals surface area (Å²) < 4.78 is 0. The van der Waals surface area contributed by atoms with Crippen molar-refractivity contribution in [2.45, 2.75) is 32.9 Å². The van der Waals surface area contributed by atoms with Crippen LogP contribution in [0.2, 0.25) is 0 Å². The lowest BCUT2D eigenvalue weighted by Gasteiger charge is -2.35. The van der Waals surface area contributed by atoms with Gasteiger partial charge in [-0.05, 0) is 24.8 Å². The van der Waals surface area contributed by atoms with E-state index >= 15 is 0 Å². The highest BCUT2D eigenvalue weighted by atomic mass is 16.3. The van der Waals surface area contributed by atoms with Crippen LogP contribution in [0.3, 0.4) is 0 Å². The first-order valence-electron chi connectivity index (χ1n) is 7.82. The predicted octanol–water partition coefficient (Wildman–Crippen LogP) is 1.74. The number of amides is 1. The molecule has 0 aliphatic carbocycles. The fraction of sp³-hybridized carbons (Fsp3) is 0.588. The number of carbonyl (C=O) groups is 1. The normalized spacial score (nSPS) is 23.0. The van der Waals surface area contributed by atoms with Crippen molar-refractivity contribution in [3.63, 3.8) is 0 Å². The topological polar surface area (TPSA) is 43.8 Å². The third-order valence-electron chi connectivity index (χ3n) is 4.25. The summed E-state index contributed by atoms with van der Waals surface area (Å²) in [5.41, 5.74) is 1.16. The standard InChI is InChI=1S/C17H26N2O2/c1-3-19(12-15-7-5-4-6-8-15)17(21)13-18-10-9-16(20)14(2)11-18/h4-8,14,16,20H,3,9-13H2,1-2H3. The van der Waals surface area contributed by atoms with E-state index in [9.17, 15) is 9.90 Å². The van der Waals surface area contributed by atoms with Crippen LogP contribution in [0.1, 0.15) is 25.8 Å². The third-order valence-corrected chi connectivity index (χ3v) is 4.25. The monoisotopic (exact) mass is 290 g/mol. The largest absolute Gasteiger partial charge is 0.393 e. The Morgan fingerprint density at radius 2 is 2.10 bits per heavy atom. The SMILES string of the molecule is CCN(Cc1ccccc1)C(=O)CN1CCC(O)C(C)C1. The van der Waals surface area contributed by atoms with Crippen molar-refractivity contribution < 1.29 is 9.90 Å². The number of likely N-dealkylation sites (tertiary alicyclic amines) is 1. The Morgan fingerprint density at radius 1 is 1.38 bits per heavy atom. The van der Waals surface area contributed by atoms with Crippen LogP contribution in [0.25, 0.3) is 0 Å². The number of carbonyl (C=O) groups excluding carboxylic acids is 1. The number of aliphatic hydroxyl groups is 1. The molecule has 1 aliphatic heterocycles. The molecule has 0 aromatic heterocycles. The number of likely N-dealkylation sites (N-methyl/N-ethyl adjacent to an activating group) is 1. The van der Waals surface area contributed by atoms with Crippen molar-refractivity contribution in [3.8, 4) is 0 Å². The highest BCUT2D eigenvalue weighted by Gasteiger charge is 2.26. The van der Waals surface area contributed by atoms with Crippen molar-refractivity contribution in [1.29, 1.82) is 0 Å². The lowest BCUT2D eigenvalue weighted by molar-refractivity contribution is -0.133. The number of hydrogen-bond donors (Lipinski definition) is 1. The molecular weight excluding hydrogens is 264 g/mol. The third kappa shape index (κ3) is 4.55. The molecule has 21 heavy (non-hydrogen) atoms.